The van der Waals surface area contributed by atoms with E-state index in [4.69, 9.17) is 10.5 Å². The minimum Gasteiger partial charge on any atom is -0.493 e. The van der Waals surface area contributed by atoms with Crippen LogP contribution >= 0.6 is 0 Å². The Morgan fingerprint density at radius 2 is 2.25 bits per heavy atom. The van der Waals surface area contributed by atoms with E-state index in [-0.39, 0.29) is 0 Å². The lowest BCUT2D eigenvalue weighted by molar-refractivity contribution is 0.317. The summed E-state index contributed by atoms with van der Waals surface area (Å²) in [5.41, 5.74) is 7.30. The van der Waals surface area contributed by atoms with Gasteiger partial charge in [-0.2, -0.15) is 5.10 Å². The van der Waals surface area contributed by atoms with E-state index in [9.17, 15) is 0 Å². The highest BCUT2D eigenvalue weighted by Crippen LogP contribution is 2.21. The van der Waals surface area contributed by atoms with Crippen LogP contribution in [0.1, 0.15) is 13.3 Å². The fraction of sp³-hybridized carbons (Fsp3) is 0.273. The number of ether oxygens (including phenoxy) is 1. The third-order valence-electron chi connectivity index (χ3n) is 2.07. The molecule has 1 heterocycles. The average molecular weight is 218 g/mol. The molecule has 2 rings (SSSR count). The van der Waals surface area contributed by atoms with Crippen LogP contribution in [0.4, 0.5) is 5.69 Å². The zero-order valence-electron chi connectivity index (χ0n) is 9.13. The van der Waals surface area contributed by atoms with Gasteiger partial charge < -0.3 is 10.5 Å². The van der Waals surface area contributed by atoms with Crippen LogP contribution in [0.15, 0.2) is 30.9 Å². The third-order valence-corrected chi connectivity index (χ3v) is 2.07. The van der Waals surface area contributed by atoms with Crippen molar-refractivity contribution in [1.29, 1.82) is 0 Å². The summed E-state index contributed by atoms with van der Waals surface area (Å²) >= 11 is 0. The minimum absolute atomic E-state index is 0.652. The van der Waals surface area contributed by atoms with E-state index in [0.717, 1.165) is 17.9 Å². The van der Waals surface area contributed by atoms with Gasteiger partial charge in [-0.05, 0) is 12.5 Å². The summed E-state index contributed by atoms with van der Waals surface area (Å²) in [6.45, 7) is 2.74. The van der Waals surface area contributed by atoms with Gasteiger partial charge in [0.25, 0.3) is 0 Å². The van der Waals surface area contributed by atoms with Crippen molar-refractivity contribution in [3.63, 3.8) is 0 Å². The molecule has 5 heteroatoms. The molecule has 1 aromatic heterocycles. The molecule has 0 aliphatic rings. The van der Waals surface area contributed by atoms with E-state index in [1.807, 2.05) is 12.1 Å². The highest BCUT2D eigenvalue weighted by Gasteiger charge is 2.02. The first-order valence-electron chi connectivity index (χ1n) is 5.18. The summed E-state index contributed by atoms with van der Waals surface area (Å²) < 4.78 is 7.18. The van der Waals surface area contributed by atoms with E-state index < -0.39 is 0 Å². The highest BCUT2D eigenvalue weighted by molar-refractivity contribution is 5.53. The fourth-order valence-corrected chi connectivity index (χ4v) is 1.38. The van der Waals surface area contributed by atoms with E-state index in [2.05, 4.69) is 17.0 Å². The van der Waals surface area contributed by atoms with Crippen molar-refractivity contribution in [3.8, 4) is 11.4 Å². The van der Waals surface area contributed by atoms with Crippen molar-refractivity contribution in [2.24, 2.45) is 0 Å². The number of anilines is 1. The number of nitrogens with zero attached hydrogens (tertiary/aromatic N) is 3. The second-order valence-electron chi connectivity index (χ2n) is 3.45. The molecule has 84 valence electrons. The smallest absolute Gasteiger partial charge is 0.138 e. The third kappa shape index (κ3) is 2.31. The molecule has 0 saturated heterocycles. The SMILES string of the molecule is CCCOc1cc(N)cc(-n2cncn2)c1. The van der Waals surface area contributed by atoms with Gasteiger partial charge in [0.1, 0.15) is 18.4 Å². The molecular weight excluding hydrogens is 204 g/mol. The number of hydrogen-bond donors (Lipinski definition) is 1. The van der Waals surface area contributed by atoms with Crippen molar-refractivity contribution < 1.29 is 4.74 Å². The zero-order valence-corrected chi connectivity index (χ0v) is 9.13. The second kappa shape index (κ2) is 4.65. The predicted octanol–water partition coefficient (Wildman–Crippen LogP) is 1.64. The summed E-state index contributed by atoms with van der Waals surface area (Å²) in [5, 5.41) is 4.04. The van der Waals surface area contributed by atoms with Crippen LogP contribution in [0.2, 0.25) is 0 Å². The van der Waals surface area contributed by atoms with Gasteiger partial charge in [0.2, 0.25) is 0 Å². The number of benzene rings is 1. The van der Waals surface area contributed by atoms with Crippen LogP contribution in [0.5, 0.6) is 5.75 Å². The number of nitrogens with two attached hydrogens (primary N) is 1. The van der Waals surface area contributed by atoms with Gasteiger partial charge in [-0.3, -0.25) is 0 Å². The maximum Gasteiger partial charge on any atom is 0.138 e. The molecule has 16 heavy (non-hydrogen) atoms. The molecule has 0 aliphatic carbocycles. The van der Waals surface area contributed by atoms with Crippen LogP contribution in [0.25, 0.3) is 5.69 Å². The van der Waals surface area contributed by atoms with Crippen molar-refractivity contribution in [1.82, 2.24) is 14.8 Å². The van der Waals surface area contributed by atoms with Crippen molar-refractivity contribution in [3.05, 3.63) is 30.9 Å². The van der Waals surface area contributed by atoms with Crippen molar-refractivity contribution >= 4 is 5.69 Å². The molecule has 0 amide bonds. The quantitative estimate of drug-likeness (QED) is 0.792. The lowest BCUT2D eigenvalue weighted by Crippen LogP contribution is -2.00. The summed E-state index contributed by atoms with van der Waals surface area (Å²) in [6.07, 6.45) is 4.07. The number of nitrogen functional groups attached to an aromatic ring is 1. The fourth-order valence-electron chi connectivity index (χ4n) is 1.38. The largest absolute Gasteiger partial charge is 0.493 e. The van der Waals surface area contributed by atoms with Gasteiger partial charge in [0.05, 0.1) is 12.3 Å². The maximum absolute atomic E-state index is 5.80. The Morgan fingerprint density at radius 3 is 2.94 bits per heavy atom. The van der Waals surface area contributed by atoms with Crippen LogP contribution < -0.4 is 10.5 Å². The van der Waals surface area contributed by atoms with Crippen molar-refractivity contribution in [2.75, 3.05) is 12.3 Å². The van der Waals surface area contributed by atoms with Gasteiger partial charge >= 0.3 is 0 Å². The average Bonchev–Trinajstić information content (AvgIpc) is 2.79. The normalized spacial score (nSPS) is 10.3. The summed E-state index contributed by atoms with van der Waals surface area (Å²) in [4.78, 5) is 3.89. The lowest BCUT2D eigenvalue weighted by atomic mass is 10.2. The Hall–Kier alpha value is -2.04. The van der Waals surface area contributed by atoms with Crippen LogP contribution in [0, 0.1) is 0 Å². The molecule has 0 bridgehead atoms. The molecule has 0 unspecified atom stereocenters. The molecular formula is C11H14N4O. The number of aromatic nitrogens is 3. The van der Waals surface area contributed by atoms with Crippen LogP contribution in [0.3, 0.4) is 0 Å². The minimum atomic E-state index is 0.652. The first kappa shape index (κ1) is 10.5. The Bertz CT molecular complexity index is 453. The van der Waals surface area contributed by atoms with Gasteiger partial charge in [-0.1, -0.05) is 6.92 Å². The molecule has 2 aromatic rings. The second-order valence-corrected chi connectivity index (χ2v) is 3.45. The van der Waals surface area contributed by atoms with Crippen molar-refractivity contribution in [2.45, 2.75) is 13.3 Å². The Kier molecular flexibility index (Phi) is 3.05. The standard InChI is InChI=1S/C11H14N4O/c1-2-3-16-11-5-9(12)4-10(6-11)15-8-13-7-14-15/h4-8H,2-3,12H2,1H3. The van der Waals surface area contributed by atoms with Gasteiger partial charge in [-0.25, -0.2) is 9.67 Å². The van der Waals surface area contributed by atoms with E-state index in [1.165, 1.54) is 6.33 Å². The Balaban J connectivity index is 2.29. The first-order valence-corrected chi connectivity index (χ1v) is 5.18. The molecule has 1 aromatic carbocycles. The predicted molar refractivity (Wildman–Crippen MR) is 61.6 cm³/mol. The number of rotatable bonds is 4. The van der Waals surface area contributed by atoms with E-state index >= 15 is 0 Å². The molecule has 0 radical (unpaired) electrons. The summed E-state index contributed by atoms with van der Waals surface area (Å²) in [5.74, 6) is 0.757. The molecule has 2 N–H and O–H groups in total. The first-order chi connectivity index (χ1) is 7.79. The monoisotopic (exact) mass is 218 g/mol. The molecule has 0 atom stereocenters. The molecule has 0 spiro atoms. The molecule has 5 nitrogen and oxygen atoms in total. The molecule has 0 aliphatic heterocycles. The van der Waals surface area contributed by atoms with E-state index in [0.29, 0.717) is 12.3 Å². The van der Waals surface area contributed by atoms with Gasteiger partial charge in [0.15, 0.2) is 0 Å². The van der Waals surface area contributed by atoms with Gasteiger partial charge in [0, 0.05) is 17.8 Å². The zero-order chi connectivity index (χ0) is 11.4. The Labute approximate surface area is 93.9 Å². The summed E-state index contributed by atoms with van der Waals surface area (Å²) in [6, 6.07) is 5.52. The molecule has 0 saturated carbocycles. The summed E-state index contributed by atoms with van der Waals surface area (Å²) in [7, 11) is 0. The van der Waals surface area contributed by atoms with Crippen LogP contribution in [-0.2, 0) is 0 Å². The highest BCUT2D eigenvalue weighted by atomic mass is 16.5. The lowest BCUT2D eigenvalue weighted by Gasteiger charge is -2.08. The van der Waals surface area contributed by atoms with Crippen LogP contribution in [-0.4, -0.2) is 21.4 Å². The number of hydrogen-bond acceptors (Lipinski definition) is 4. The Morgan fingerprint density at radius 1 is 1.38 bits per heavy atom. The van der Waals surface area contributed by atoms with E-state index in [1.54, 1.807) is 17.1 Å². The molecule has 0 fully saturated rings. The topological polar surface area (TPSA) is 66.0 Å². The maximum atomic E-state index is 5.80. The van der Waals surface area contributed by atoms with Gasteiger partial charge in [-0.15, -0.1) is 0 Å².